The van der Waals surface area contributed by atoms with Crippen LogP contribution in [0, 0.1) is 35.0 Å². The number of carbonyl (C=O) groups excluding carboxylic acids is 3. The van der Waals surface area contributed by atoms with Crippen molar-refractivity contribution >= 4 is 46.4 Å². The number of anilines is 1. The zero-order valence-corrected chi connectivity index (χ0v) is 23.3. The van der Waals surface area contributed by atoms with Crippen molar-refractivity contribution in [3.8, 4) is 0 Å². The van der Waals surface area contributed by atoms with Crippen molar-refractivity contribution in [2.24, 2.45) is 5.92 Å². The Morgan fingerprint density at radius 3 is 2.00 bits per heavy atom. The van der Waals surface area contributed by atoms with E-state index in [9.17, 15) is 62.7 Å². The van der Waals surface area contributed by atoms with Crippen LogP contribution in [0.1, 0.15) is 38.5 Å². The van der Waals surface area contributed by atoms with Gasteiger partial charge in [-0.25, -0.2) is 22.0 Å². The number of ketones is 2. The fraction of sp³-hybridized carbons (Fsp3) is 0.250. The molecule has 3 aromatic rings. The molecule has 0 aromatic heterocycles. The summed E-state index contributed by atoms with van der Waals surface area (Å²) in [4.78, 5) is 36.9. The van der Waals surface area contributed by atoms with Gasteiger partial charge in [-0.05, 0) is 35.4 Å². The van der Waals surface area contributed by atoms with Gasteiger partial charge in [0, 0.05) is 36.1 Å². The topological polar surface area (TPSA) is 63.2 Å². The summed E-state index contributed by atoms with van der Waals surface area (Å²) >= 11 is 12.2. The summed E-state index contributed by atoms with van der Waals surface area (Å²) in [6.07, 6.45) is -13.4. The Balaban J connectivity index is 1.57. The molecule has 0 aliphatic heterocycles. The van der Waals surface area contributed by atoms with Crippen molar-refractivity contribution in [1.82, 2.24) is 0 Å². The molecule has 0 spiro atoms. The van der Waals surface area contributed by atoms with Gasteiger partial charge in [-0.1, -0.05) is 12.1 Å². The largest absolute Gasteiger partial charge is 0.450 e. The van der Waals surface area contributed by atoms with Gasteiger partial charge in [0.25, 0.3) is 0 Å². The predicted octanol–water partition coefficient (Wildman–Crippen LogP) is 8.03. The Morgan fingerprint density at radius 1 is 0.778 bits per heavy atom. The molecule has 0 bridgehead atoms. The molecule has 3 aromatic carbocycles. The van der Waals surface area contributed by atoms with Crippen LogP contribution in [0.25, 0.3) is 0 Å². The van der Waals surface area contributed by atoms with Gasteiger partial charge in [0.2, 0.25) is 11.7 Å². The maximum Gasteiger partial charge on any atom is 0.450 e. The van der Waals surface area contributed by atoms with E-state index in [0.717, 1.165) is 6.07 Å². The lowest BCUT2D eigenvalue weighted by Crippen LogP contribution is -2.25. The van der Waals surface area contributed by atoms with Gasteiger partial charge in [0.15, 0.2) is 17.4 Å². The molecule has 240 valence electrons. The Hall–Kier alpha value is -3.72. The van der Waals surface area contributed by atoms with E-state index in [2.05, 4.69) is 5.32 Å². The number of alkyl halides is 8. The first-order valence-corrected chi connectivity index (χ1v) is 13.0. The second-order valence-corrected chi connectivity index (χ2v) is 11.3. The lowest BCUT2D eigenvalue weighted by molar-refractivity contribution is -0.170. The van der Waals surface area contributed by atoms with Gasteiger partial charge in [-0.15, -0.1) is 23.2 Å². The van der Waals surface area contributed by atoms with Crippen molar-refractivity contribution in [3.63, 3.8) is 0 Å². The highest BCUT2D eigenvalue weighted by Crippen LogP contribution is 2.65. The zero-order chi connectivity index (χ0) is 33.8. The second kappa shape index (κ2) is 11.9. The molecule has 1 saturated carbocycles. The molecule has 1 aliphatic carbocycles. The maximum atomic E-state index is 14.8. The van der Waals surface area contributed by atoms with E-state index >= 15 is 0 Å². The first-order valence-electron chi connectivity index (χ1n) is 12.3. The molecule has 2 atom stereocenters. The summed E-state index contributed by atoms with van der Waals surface area (Å²) in [5.74, 6) is -16.2. The van der Waals surface area contributed by atoms with Crippen LogP contribution in [0.3, 0.4) is 0 Å². The summed E-state index contributed by atoms with van der Waals surface area (Å²) in [6.45, 7) is 0. The molecule has 0 heterocycles. The van der Waals surface area contributed by atoms with Crippen LogP contribution in [0.5, 0.6) is 0 Å². The van der Waals surface area contributed by atoms with Crippen LogP contribution in [-0.4, -0.2) is 28.0 Å². The van der Waals surface area contributed by atoms with Gasteiger partial charge in [0.05, 0.1) is 17.0 Å². The van der Waals surface area contributed by atoms with E-state index < -0.39 is 116 Å². The Kier molecular flexibility index (Phi) is 9.03. The molecule has 1 aliphatic rings. The molecule has 4 rings (SSSR count). The van der Waals surface area contributed by atoms with E-state index in [4.69, 9.17) is 23.2 Å². The monoisotopic (exact) mass is 691 g/mol. The molecule has 0 radical (unpaired) electrons. The smallest absolute Gasteiger partial charge is 0.326 e. The average Bonchev–Trinajstić information content (AvgIpc) is 3.50. The summed E-state index contributed by atoms with van der Waals surface area (Å²) in [5.41, 5.74) is -5.70. The lowest BCUT2D eigenvalue weighted by atomic mass is 9.97. The summed E-state index contributed by atoms with van der Waals surface area (Å²) in [6, 6.07) is 3.91. The highest BCUT2D eigenvalue weighted by atomic mass is 35.5. The van der Waals surface area contributed by atoms with Crippen LogP contribution in [0.2, 0.25) is 0 Å². The van der Waals surface area contributed by atoms with E-state index in [1.807, 2.05) is 0 Å². The number of nitrogens with one attached hydrogen (secondary N) is 1. The Labute approximate surface area is 255 Å². The van der Waals surface area contributed by atoms with Crippen molar-refractivity contribution in [3.05, 3.63) is 99.4 Å². The minimum absolute atomic E-state index is 0.271. The van der Waals surface area contributed by atoms with Crippen LogP contribution >= 0.6 is 23.2 Å². The van der Waals surface area contributed by atoms with Crippen LogP contribution in [0.15, 0.2) is 42.5 Å². The number of Topliss-reactive ketones (excluding diaryl/α,β-unsaturated/α-hetero) is 2. The Bertz CT molecular complexity index is 1720. The summed E-state index contributed by atoms with van der Waals surface area (Å²) < 4.78 is 147. The maximum absolute atomic E-state index is 14.8. The fourth-order valence-corrected chi connectivity index (χ4v) is 5.41. The molecular weight excluding hydrogens is 678 g/mol. The highest BCUT2D eigenvalue weighted by Gasteiger charge is 2.67. The van der Waals surface area contributed by atoms with E-state index in [-0.39, 0.29) is 5.56 Å². The molecule has 0 saturated heterocycles. The third-order valence-corrected chi connectivity index (χ3v) is 7.80. The van der Waals surface area contributed by atoms with E-state index in [1.165, 1.54) is 0 Å². The normalized spacial score (nSPS) is 17.6. The highest BCUT2D eigenvalue weighted by molar-refractivity contribution is 6.53. The van der Waals surface area contributed by atoms with Gasteiger partial charge >= 0.3 is 12.4 Å². The first kappa shape index (κ1) is 34.2. The van der Waals surface area contributed by atoms with Crippen LogP contribution < -0.4 is 5.32 Å². The number of carbonyl (C=O) groups is 3. The molecule has 1 amide bonds. The quantitative estimate of drug-likeness (QED) is 0.148. The fourth-order valence-electron chi connectivity index (χ4n) is 4.58. The lowest BCUT2D eigenvalue weighted by Gasteiger charge is -2.12. The number of rotatable bonds is 8. The second-order valence-electron chi connectivity index (χ2n) is 9.87. The molecule has 17 heteroatoms. The van der Waals surface area contributed by atoms with Gasteiger partial charge in [-0.3, -0.25) is 14.4 Å². The minimum Gasteiger partial charge on any atom is -0.326 e. The van der Waals surface area contributed by atoms with E-state index in [1.54, 1.807) is 0 Å². The third kappa shape index (κ3) is 6.93. The standard InChI is InChI=1S/C28H14Cl2F11NO3/c29-26(30)21(10-1-4-17(32)15(5-10)27(36,37)38)22(26)25(45)42-12-7-14(24(35)18(33)8-12)19(43)6-11-2-3-16(31)13(23(11)34)9-20(44)28(39,40)41/h1-5,7-8,21-22H,6,9H2,(H,42,45)/t21-,22+/m0/s1. The third-order valence-electron chi connectivity index (χ3n) is 6.86. The SMILES string of the molecule is O=C(Cc1ccc(F)c(CC(=O)C(F)(F)F)c1F)c1cc(NC(=O)[C@H]2[C@H](c3ccc(F)c(C(F)(F)F)c3)C2(Cl)Cl)cc(F)c1F. The molecule has 1 fully saturated rings. The number of hydrogen-bond donors (Lipinski definition) is 1. The molecule has 45 heavy (non-hydrogen) atoms. The summed E-state index contributed by atoms with van der Waals surface area (Å²) in [7, 11) is 0. The van der Waals surface area contributed by atoms with Gasteiger partial charge < -0.3 is 5.32 Å². The van der Waals surface area contributed by atoms with Crippen LogP contribution in [0.4, 0.5) is 54.0 Å². The first-order chi connectivity index (χ1) is 20.6. The number of amides is 1. The molecule has 4 nitrogen and oxygen atoms in total. The Morgan fingerprint density at radius 2 is 1.40 bits per heavy atom. The minimum atomic E-state index is -5.42. The van der Waals surface area contributed by atoms with Crippen molar-refractivity contribution in [2.45, 2.75) is 35.4 Å². The predicted molar refractivity (Wildman–Crippen MR) is 136 cm³/mol. The molecule has 1 N–H and O–H groups in total. The molecule has 0 unspecified atom stereocenters. The molecular formula is C28H14Cl2F11NO3. The van der Waals surface area contributed by atoms with Crippen molar-refractivity contribution < 1.29 is 62.7 Å². The summed E-state index contributed by atoms with van der Waals surface area (Å²) in [5, 5.41) is 2.08. The van der Waals surface area contributed by atoms with Crippen LogP contribution in [-0.2, 0) is 28.6 Å². The van der Waals surface area contributed by atoms with Crippen molar-refractivity contribution in [2.75, 3.05) is 5.32 Å². The van der Waals surface area contributed by atoms with E-state index in [0.29, 0.717) is 36.4 Å². The van der Waals surface area contributed by atoms with Crippen molar-refractivity contribution in [1.29, 1.82) is 0 Å². The number of benzene rings is 3. The zero-order valence-electron chi connectivity index (χ0n) is 21.7. The number of halogens is 13. The van der Waals surface area contributed by atoms with Gasteiger partial charge in [-0.2, -0.15) is 26.3 Å². The number of hydrogen-bond acceptors (Lipinski definition) is 3. The average molecular weight is 692 g/mol. The van der Waals surface area contributed by atoms with Gasteiger partial charge in [0.1, 0.15) is 21.8 Å².